The van der Waals surface area contributed by atoms with Crippen molar-refractivity contribution in [2.24, 2.45) is 0 Å². The topological polar surface area (TPSA) is 52.7 Å². The Hall–Kier alpha value is -1.10. The van der Waals surface area contributed by atoms with E-state index in [1.807, 2.05) is 5.01 Å². The maximum Gasteiger partial charge on any atom is 0.332 e. The molecule has 0 radical (unpaired) electrons. The third kappa shape index (κ3) is 1.29. The zero-order chi connectivity index (χ0) is 9.42. The van der Waals surface area contributed by atoms with Crippen molar-refractivity contribution in [2.45, 2.75) is 19.4 Å². The SMILES string of the molecule is CC(=O)[C@@H]1CCN2CCNC(=O)N12. The molecular formula is C8H13N3O2. The summed E-state index contributed by atoms with van der Waals surface area (Å²) in [5.41, 5.74) is 0. The number of fused-ring (bicyclic) bond motifs is 1. The normalized spacial score (nSPS) is 28.5. The summed E-state index contributed by atoms with van der Waals surface area (Å²) in [6.07, 6.45) is 0.767. The van der Waals surface area contributed by atoms with Gasteiger partial charge in [-0.25, -0.2) is 14.8 Å². The lowest BCUT2D eigenvalue weighted by Crippen LogP contribution is -2.58. The van der Waals surface area contributed by atoms with Crippen molar-refractivity contribution in [3.63, 3.8) is 0 Å². The highest BCUT2D eigenvalue weighted by Gasteiger charge is 2.39. The van der Waals surface area contributed by atoms with E-state index in [0.717, 1.165) is 19.5 Å². The number of rotatable bonds is 1. The van der Waals surface area contributed by atoms with Gasteiger partial charge >= 0.3 is 6.03 Å². The van der Waals surface area contributed by atoms with Crippen LogP contribution < -0.4 is 5.32 Å². The number of hydrogen-bond acceptors (Lipinski definition) is 3. The highest BCUT2D eigenvalue weighted by molar-refractivity contribution is 5.87. The van der Waals surface area contributed by atoms with E-state index in [4.69, 9.17) is 0 Å². The van der Waals surface area contributed by atoms with Crippen LogP contribution in [0.1, 0.15) is 13.3 Å². The molecule has 2 aliphatic heterocycles. The molecule has 13 heavy (non-hydrogen) atoms. The van der Waals surface area contributed by atoms with Gasteiger partial charge in [0.1, 0.15) is 6.04 Å². The van der Waals surface area contributed by atoms with Gasteiger partial charge in [0.15, 0.2) is 5.78 Å². The van der Waals surface area contributed by atoms with E-state index in [9.17, 15) is 9.59 Å². The van der Waals surface area contributed by atoms with Crippen LogP contribution in [0, 0.1) is 0 Å². The Morgan fingerprint density at radius 2 is 2.31 bits per heavy atom. The molecule has 2 saturated heterocycles. The number of carbonyl (C=O) groups excluding carboxylic acids is 2. The van der Waals surface area contributed by atoms with Crippen LogP contribution in [0.2, 0.25) is 0 Å². The van der Waals surface area contributed by atoms with E-state index in [1.54, 1.807) is 5.01 Å². The van der Waals surface area contributed by atoms with Gasteiger partial charge < -0.3 is 5.32 Å². The van der Waals surface area contributed by atoms with Crippen molar-refractivity contribution < 1.29 is 9.59 Å². The summed E-state index contributed by atoms with van der Waals surface area (Å²) in [5.74, 6) is 0.0690. The fourth-order valence-electron chi connectivity index (χ4n) is 1.94. The molecule has 2 amide bonds. The molecule has 1 atom stereocenters. The number of ketones is 1. The van der Waals surface area contributed by atoms with Crippen molar-refractivity contribution in [2.75, 3.05) is 19.6 Å². The molecule has 0 unspecified atom stereocenters. The number of hydrazine groups is 1. The van der Waals surface area contributed by atoms with E-state index < -0.39 is 0 Å². The number of nitrogens with one attached hydrogen (secondary N) is 1. The van der Waals surface area contributed by atoms with Crippen LogP contribution in [-0.4, -0.2) is 47.5 Å². The lowest BCUT2D eigenvalue weighted by atomic mass is 10.1. The molecule has 0 saturated carbocycles. The summed E-state index contributed by atoms with van der Waals surface area (Å²) < 4.78 is 0. The van der Waals surface area contributed by atoms with E-state index in [1.165, 1.54) is 6.92 Å². The van der Waals surface area contributed by atoms with Crippen LogP contribution in [0.15, 0.2) is 0 Å². The Morgan fingerprint density at radius 3 is 3.00 bits per heavy atom. The zero-order valence-corrected chi connectivity index (χ0v) is 7.62. The average molecular weight is 183 g/mol. The van der Waals surface area contributed by atoms with Gasteiger partial charge in [0, 0.05) is 19.6 Å². The highest BCUT2D eigenvalue weighted by atomic mass is 16.2. The fraction of sp³-hybridized carbons (Fsp3) is 0.750. The molecule has 2 fully saturated rings. The van der Waals surface area contributed by atoms with Gasteiger partial charge in [0.05, 0.1) is 0 Å². The van der Waals surface area contributed by atoms with E-state index >= 15 is 0 Å². The predicted molar refractivity (Wildman–Crippen MR) is 45.9 cm³/mol. The van der Waals surface area contributed by atoms with Crippen LogP contribution in [0.4, 0.5) is 4.79 Å². The summed E-state index contributed by atoms with van der Waals surface area (Å²) in [6, 6.07) is -0.371. The Bertz CT molecular complexity index is 254. The molecular weight excluding hydrogens is 170 g/mol. The molecule has 0 aliphatic carbocycles. The number of urea groups is 1. The summed E-state index contributed by atoms with van der Waals surface area (Å²) >= 11 is 0. The first-order chi connectivity index (χ1) is 6.20. The largest absolute Gasteiger partial charge is 0.335 e. The third-order valence-corrected chi connectivity index (χ3v) is 2.58. The van der Waals surface area contributed by atoms with E-state index in [0.29, 0.717) is 6.54 Å². The fourth-order valence-corrected chi connectivity index (χ4v) is 1.94. The molecule has 0 aromatic heterocycles. The van der Waals surface area contributed by atoms with Crippen LogP contribution in [0.3, 0.4) is 0 Å². The smallest absolute Gasteiger partial charge is 0.332 e. The molecule has 2 aliphatic rings. The zero-order valence-electron chi connectivity index (χ0n) is 7.62. The van der Waals surface area contributed by atoms with Gasteiger partial charge in [0.2, 0.25) is 0 Å². The predicted octanol–water partition coefficient (Wildman–Crippen LogP) is -0.410. The number of nitrogens with zero attached hydrogens (tertiary/aromatic N) is 2. The minimum Gasteiger partial charge on any atom is -0.335 e. The van der Waals surface area contributed by atoms with Crippen LogP contribution >= 0.6 is 0 Å². The minimum absolute atomic E-state index is 0.0690. The first-order valence-electron chi connectivity index (χ1n) is 4.52. The van der Waals surface area contributed by atoms with Gasteiger partial charge in [-0.15, -0.1) is 0 Å². The van der Waals surface area contributed by atoms with Crippen LogP contribution in [0.25, 0.3) is 0 Å². The highest BCUT2D eigenvalue weighted by Crippen LogP contribution is 2.20. The number of hydrogen-bond donors (Lipinski definition) is 1. The molecule has 0 spiro atoms. The quantitative estimate of drug-likeness (QED) is 0.601. The second-order valence-corrected chi connectivity index (χ2v) is 3.45. The van der Waals surface area contributed by atoms with Gasteiger partial charge in [-0.3, -0.25) is 4.79 Å². The lowest BCUT2D eigenvalue weighted by Gasteiger charge is -2.35. The van der Waals surface area contributed by atoms with Crippen LogP contribution in [0.5, 0.6) is 0 Å². The Kier molecular flexibility index (Phi) is 1.95. The first kappa shape index (κ1) is 8.50. The van der Waals surface area contributed by atoms with Crippen molar-refractivity contribution in [3.8, 4) is 0 Å². The van der Waals surface area contributed by atoms with Crippen molar-refractivity contribution in [1.29, 1.82) is 0 Å². The number of carbonyl (C=O) groups is 2. The van der Waals surface area contributed by atoms with Gasteiger partial charge in [-0.2, -0.15) is 0 Å². The Balaban J connectivity index is 2.18. The molecule has 2 heterocycles. The molecule has 5 heteroatoms. The van der Waals surface area contributed by atoms with Crippen molar-refractivity contribution >= 4 is 11.8 Å². The first-order valence-corrected chi connectivity index (χ1v) is 4.52. The molecule has 2 rings (SSSR count). The monoisotopic (exact) mass is 183 g/mol. The molecule has 0 aromatic carbocycles. The molecule has 5 nitrogen and oxygen atoms in total. The van der Waals surface area contributed by atoms with Crippen molar-refractivity contribution in [3.05, 3.63) is 0 Å². The Morgan fingerprint density at radius 1 is 1.54 bits per heavy atom. The maximum atomic E-state index is 11.4. The second kappa shape index (κ2) is 2.99. The minimum atomic E-state index is -0.236. The molecule has 1 N–H and O–H groups in total. The van der Waals surface area contributed by atoms with Gasteiger partial charge in [0.25, 0.3) is 0 Å². The number of amides is 2. The average Bonchev–Trinajstić information content (AvgIpc) is 2.49. The van der Waals surface area contributed by atoms with Gasteiger partial charge in [-0.05, 0) is 13.3 Å². The standard InChI is InChI=1S/C8H13N3O2/c1-6(12)7-2-4-10-5-3-9-8(13)11(7)10/h7H,2-5H2,1H3,(H,9,13)/t7-/m0/s1. The second-order valence-electron chi connectivity index (χ2n) is 3.45. The van der Waals surface area contributed by atoms with E-state index in [-0.39, 0.29) is 17.9 Å². The lowest BCUT2D eigenvalue weighted by molar-refractivity contribution is -0.123. The summed E-state index contributed by atoms with van der Waals surface area (Å²) in [6.45, 7) is 3.85. The maximum absolute atomic E-state index is 11.4. The molecule has 0 aromatic rings. The third-order valence-electron chi connectivity index (χ3n) is 2.58. The number of Topliss-reactive ketones (excluding diaryl/α,β-unsaturated/α-hetero) is 1. The van der Waals surface area contributed by atoms with Gasteiger partial charge in [-0.1, -0.05) is 0 Å². The Labute approximate surface area is 76.6 Å². The molecule has 0 bridgehead atoms. The summed E-state index contributed by atoms with van der Waals surface area (Å²) in [5, 5.41) is 6.24. The van der Waals surface area contributed by atoms with E-state index in [2.05, 4.69) is 5.32 Å². The summed E-state index contributed by atoms with van der Waals surface area (Å²) in [4.78, 5) is 22.6. The van der Waals surface area contributed by atoms with Crippen molar-refractivity contribution in [1.82, 2.24) is 15.3 Å². The molecule has 72 valence electrons. The van der Waals surface area contributed by atoms with Crippen LogP contribution in [-0.2, 0) is 4.79 Å². The summed E-state index contributed by atoms with van der Waals surface area (Å²) in [7, 11) is 0.